The Morgan fingerprint density at radius 2 is 2.10 bits per heavy atom. The average molecular weight is 294 g/mol. The van der Waals surface area contributed by atoms with E-state index < -0.39 is 17.0 Å². The number of nitrogens with one attached hydrogen (secondary N) is 1. The molecule has 0 radical (unpaired) electrons. The lowest BCUT2D eigenvalue weighted by Crippen LogP contribution is -2.35. The molecule has 6 heteroatoms. The first-order chi connectivity index (χ1) is 10.1. The molecule has 1 aliphatic carbocycles. The van der Waals surface area contributed by atoms with Gasteiger partial charge in [-0.2, -0.15) is 0 Å². The minimum Gasteiger partial charge on any atom is -0.465 e. The van der Waals surface area contributed by atoms with Crippen molar-refractivity contribution in [3.05, 3.63) is 29.6 Å². The summed E-state index contributed by atoms with van der Waals surface area (Å²) in [5, 5.41) is 0. The Morgan fingerprint density at radius 1 is 1.38 bits per heavy atom. The lowest BCUT2D eigenvalue weighted by Gasteiger charge is -2.23. The first-order valence-corrected chi connectivity index (χ1v) is 7.09. The van der Waals surface area contributed by atoms with E-state index in [1.807, 2.05) is 0 Å². The first-order valence-electron chi connectivity index (χ1n) is 7.09. The van der Waals surface area contributed by atoms with Gasteiger partial charge in [0.05, 0.1) is 12.1 Å². The zero-order valence-corrected chi connectivity index (χ0v) is 11.7. The minimum absolute atomic E-state index is 0.0574. The summed E-state index contributed by atoms with van der Waals surface area (Å²) in [6, 6.07) is 1.97. The van der Waals surface area contributed by atoms with Crippen LogP contribution in [0.1, 0.15) is 38.4 Å². The Bertz CT molecular complexity index is 690. The predicted molar refractivity (Wildman–Crippen MR) is 72.8 cm³/mol. The fourth-order valence-electron chi connectivity index (χ4n) is 3.05. The van der Waals surface area contributed by atoms with Crippen LogP contribution < -0.4 is 0 Å². The highest BCUT2D eigenvalue weighted by Gasteiger charge is 2.46. The maximum absolute atomic E-state index is 13.8. The van der Waals surface area contributed by atoms with Crippen molar-refractivity contribution in [1.82, 2.24) is 9.97 Å². The van der Waals surface area contributed by atoms with Gasteiger partial charge >= 0.3 is 5.97 Å². The largest absolute Gasteiger partial charge is 0.465 e. The van der Waals surface area contributed by atoms with E-state index in [0.29, 0.717) is 18.7 Å². The molecular weight excluding hydrogens is 278 g/mol. The zero-order valence-electron chi connectivity index (χ0n) is 11.7. The van der Waals surface area contributed by atoms with E-state index in [0.717, 1.165) is 18.9 Å². The molecule has 1 fully saturated rings. The number of imidazole rings is 1. The van der Waals surface area contributed by atoms with Crippen molar-refractivity contribution >= 4 is 17.0 Å². The second kappa shape index (κ2) is 5.09. The lowest BCUT2D eigenvalue weighted by molar-refractivity contribution is -0.150. The summed E-state index contributed by atoms with van der Waals surface area (Å²) in [6.45, 7) is 2.03. The lowest BCUT2D eigenvalue weighted by atomic mass is 9.85. The van der Waals surface area contributed by atoms with E-state index in [1.165, 1.54) is 6.07 Å². The maximum atomic E-state index is 13.8. The maximum Gasteiger partial charge on any atom is 0.319 e. The highest BCUT2D eigenvalue weighted by Crippen LogP contribution is 2.41. The second-order valence-electron chi connectivity index (χ2n) is 5.38. The van der Waals surface area contributed by atoms with Crippen LogP contribution in [0.4, 0.5) is 8.78 Å². The van der Waals surface area contributed by atoms with E-state index >= 15 is 0 Å². The number of H-pyrrole nitrogens is 1. The van der Waals surface area contributed by atoms with E-state index in [9.17, 15) is 13.6 Å². The quantitative estimate of drug-likeness (QED) is 0.884. The minimum atomic E-state index is -0.863. The molecule has 1 heterocycles. The number of hydrogen-bond donors (Lipinski definition) is 1. The summed E-state index contributed by atoms with van der Waals surface area (Å²) in [6.07, 6.45) is 2.98. The monoisotopic (exact) mass is 294 g/mol. The van der Waals surface area contributed by atoms with Gasteiger partial charge in [0.25, 0.3) is 0 Å². The van der Waals surface area contributed by atoms with Crippen molar-refractivity contribution in [3.63, 3.8) is 0 Å². The van der Waals surface area contributed by atoms with Crippen LogP contribution in [0.3, 0.4) is 0 Å². The van der Waals surface area contributed by atoms with Gasteiger partial charge in [-0.1, -0.05) is 12.8 Å². The smallest absolute Gasteiger partial charge is 0.319 e. The van der Waals surface area contributed by atoms with Gasteiger partial charge < -0.3 is 9.72 Å². The fourth-order valence-corrected chi connectivity index (χ4v) is 3.05. The molecule has 0 aliphatic heterocycles. The van der Waals surface area contributed by atoms with Gasteiger partial charge in [0, 0.05) is 6.07 Å². The number of rotatable bonds is 3. The van der Waals surface area contributed by atoms with Crippen molar-refractivity contribution in [2.75, 3.05) is 6.61 Å². The number of nitrogens with zero attached hydrogens (tertiary/aromatic N) is 1. The standard InChI is InChI=1S/C15H16F2N2O2/c1-2-21-14(20)15(5-3-4-6-15)13-18-11-8-9(16)7-10(17)12(11)19-13/h7-8H,2-6H2,1H3,(H,18,19). The molecule has 1 aromatic heterocycles. The molecule has 1 saturated carbocycles. The molecule has 0 atom stereocenters. The molecule has 0 bridgehead atoms. The van der Waals surface area contributed by atoms with Crippen LogP contribution in [0.2, 0.25) is 0 Å². The van der Waals surface area contributed by atoms with Crippen LogP contribution in [0.15, 0.2) is 12.1 Å². The van der Waals surface area contributed by atoms with E-state index in [2.05, 4.69) is 9.97 Å². The molecule has 0 saturated heterocycles. The summed E-state index contributed by atoms with van der Waals surface area (Å²) in [5.74, 6) is -1.38. The SMILES string of the molecule is CCOC(=O)C1(c2nc3c(F)cc(F)cc3[nH]2)CCCC1. The summed E-state index contributed by atoms with van der Waals surface area (Å²) in [5.41, 5.74) is -0.544. The fraction of sp³-hybridized carbons (Fsp3) is 0.467. The van der Waals surface area contributed by atoms with Crippen LogP contribution >= 0.6 is 0 Å². The van der Waals surface area contributed by atoms with E-state index in [1.54, 1.807) is 6.92 Å². The van der Waals surface area contributed by atoms with Gasteiger partial charge in [0.15, 0.2) is 5.82 Å². The molecule has 4 nitrogen and oxygen atoms in total. The molecule has 112 valence electrons. The zero-order chi connectivity index (χ0) is 15.0. The topological polar surface area (TPSA) is 55.0 Å². The second-order valence-corrected chi connectivity index (χ2v) is 5.38. The van der Waals surface area contributed by atoms with Gasteiger partial charge in [0.1, 0.15) is 22.6 Å². The van der Waals surface area contributed by atoms with Crippen LogP contribution in [-0.2, 0) is 14.9 Å². The van der Waals surface area contributed by atoms with Gasteiger partial charge in [-0.05, 0) is 25.8 Å². The molecule has 2 aromatic rings. The van der Waals surface area contributed by atoms with Crippen molar-refractivity contribution in [1.29, 1.82) is 0 Å². The number of carbonyl (C=O) groups excluding carboxylic acids is 1. The Hall–Kier alpha value is -1.98. The summed E-state index contributed by atoms with van der Waals surface area (Å²) in [7, 11) is 0. The normalized spacial score (nSPS) is 17.3. The number of benzene rings is 1. The Balaban J connectivity index is 2.12. The third-order valence-electron chi connectivity index (χ3n) is 4.08. The molecule has 0 amide bonds. The number of aromatic amines is 1. The third kappa shape index (κ3) is 2.18. The van der Waals surface area contributed by atoms with Crippen molar-refractivity contribution in [3.8, 4) is 0 Å². The highest BCUT2D eigenvalue weighted by molar-refractivity contribution is 5.85. The molecule has 1 N–H and O–H groups in total. The van der Waals surface area contributed by atoms with Gasteiger partial charge in [-0.25, -0.2) is 13.8 Å². The van der Waals surface area contributed by atoms with Gasteiger partial charge in [0.2, 0.25) is 0 Å². The van der Waals surface area contributed by atoms with Crippen molar-refractivity contribution < 1.29 is 18.3 Å². The van der Waals surface area contributed by atoms with Crippen LogP contribution in [0.5, 0.6) is 0 Å². The third-order valence-corrected chi connectivity index (χ3v) is 4.08. The molecule has 1 aliphatic rings. The number of aromatic nitrogens is 2. The van der Waals surface area contributed by atoms with E-state index in [4.69, 9.17) is 4.74 Å². The average Bonchev–Trinajstić information content (AvgIpc) is 3.05. The Kier molecular flexibility index (Phi) is 3.39. The summed E-state index contributed by atoms with van der Waals surface area (Å²) >= 11 is 0. The van der Waals surface area contributed by atoms with Crippen molar-refractivity contribution in [2.45, 2.75) is 38.0 Å². The molecular formula is C15H16F2N2O2. The Morgan fingerprint density at radius 3 is 2.76 bits per heavy atom. The molecule has 0 spiro atoms. The van der Waals surface area contributed by atoms with E-state index in [-0.39, 0.29) is 23.6 Å². The molecule has 0 unspecified atom stereocenters. The van der Waals surface area contributed by atoms with Gasteiger partial charge in [-0.3, -0.25) is 4.79 Å². The summed E-state index contributed by atoms with van der Waals surface area (Å²) < 4.78 is 32.2. The molecule has 3 rings (SSSR count). The first kappa shape index (κ1) is 14.0. The number of esters is 1. The van der Waals surface area contributed by atoms with Crippen LogP contribution in [-0.4, -0.2) is 22.5 Å². The number of hydrogen-bond acceptors (Lipinski definition) is 3. The Labute approximate surface area is 120 Å². The number of fused-ring (bicyclic) bond motifs is 1. The molecule has 21 heavy (non-hydrogen) atoms. The highest BCUT2D eigenvalue weighted by atomic mass is 19.1. The number of halogens is 2. The van der Waals surface area contributed by atoms with Crippen molar-refractivity contribution in [2.24, 2.45) is 0 Å². The number of carbonyl (C=O) groups is 1. The van der Waals surface area contributed by atoms with Gasteiger partial charge in [-0.15, -0.1) is 0 Å². The molecule has 1 aromatic carbocycles. The number of ether oxygens (including phenoxy) is 1. The summed E-state index contributed by atoms with van der Waals surface area (Å²) in [4.78, 5) is 19.5. The van der Waals surface area contributed by atoms with Crippen LogP contribution in [0, 0.1) is 11.6 Å². The predicted octanol–water partition coefficient (Wildman–Crippen LogP) is 3.22. The van der Waals surface area contributed by atoms with Crippen LogP contribution in [0.25, 0.3) is 11.0 Å².